The van der Waals surface area contributed by atoms with E-state index in [4.69, 9.17) is 0 Å². The lowest BCUT2D eigenvalue weighted by atomic mass is 9.93. The normalized spacial score (nSPS) is 14.3. The van der Waals surface area contributed by atoms with Gasteiger partial charge >= 0.3 is 6.18 Å². The highest BCUT2D eigenvalue weighted by molar-refractivity contribution is 5.97. The van der Waals surface area contributed by atoms with Gasteiger partial charge in [0.25, 0.3) is 0 Å². The average Bonchev–Trinajstić information content (AvgIpc) is 3.48. The third kappa shape index (κ3) is 6.10. The minimum Gasteiger partial charge on any atom is -0.370 e. The number of anilines is 2. The monoisotopic (exact) mass is 534 g/mol. The minimum atomic E-state index is -4.42. The Balaban J connectivity index is 1.46. The van der Waals surface area contributed by atoms with Crippen LogP contribution in [-0.2, 0) is 17.4 Å². The van der Waals surface area contributed by atoms with E-state index in [0.717, 1.165) is 47.4 Å². The number of nitrogens with one attached hydrogen (secondary N) is 2. The average molecular weight is 535 g/mol. The van der Waals surface area contributed by atoms with E-state index >= 15 is 0 Å². The summed E-state index contributed by atoms with van der Waals surface area (Å²) in [6, 6.07) is 18.7. The summed E-state index contributed by atoms with van der Waals surface area (Å²) in [6.07, 6.45) is 1.26. The van der Waals surface area contributed by atoms with Crippen LogP contribution in [0, 0.1) is 0 Å². The summed E-state index contributed by atoms with van der Waals surface area (Å²) in [5, 5.41) is 17.4. The van der Waals surface area contributed by atoms with Gasteiger partial charge < -0.3 is 10.2 Å². The zero-order valence-electron chi connectivity index (χ0n) is 21.5. The molecule has 1 aliphatic rings. The predicted octanol–water partition coefficient (Wildman–Crippen LogP) is 6.50. The molecule has 0 radical (unpaired) electrons. The summed E-state index contributed by atoms with van der Waals surface area (Å²) >= 11 is 0. The smallest absolute Gasteiger partial charge is 0.370 e. The fourth-order valence-electron chi connectivity index (χ4n) is 5.17. The summed E-state index contributed by atoms with van der Waals surface area (Å²) in [6.45, 7) is 0. The van der Waals surface area contributed by atoms with Crippen LogP contribution in [0.1, 0.15) is 43.2 Å². The van der Waals surface area contributed by atoms with Crippen molar-refractivity contribution in [3.8, 4) is 22.5 Å². The fourth-order valence-corrected chi connectivity index (χ4v) is 5.17. The zero-order chi connectivity index (χ0) is 27.4. The molecule has 1 saturated carbocycles. The van der Waals surface area contributed by atoms with E-state index in [1.54, 1.807) is 0 Å². The van der Waals surface area contributed by atoms with Crippen molar-refractivity contribution in [2.24, 2.45) is 0 Å². The maximum absolute atomic E-state index is 13.1. The number of rotatable bonds is 7. The number of aromatic amines is 1. The van der Waals surface area contributed by atoms with E-state index in [9.17, 15) is 18.0 Å². The highest BCUT2D eigenvalue weighted by atomic mass is 19.4. The number of nitrogens with zero attached hydrogens (tertiary/aromatic N) is 4. The summed E-state index contributed by atoms with van der Waals surface area (Å²) in [4.78, 5) is 15.4. The molecule has 0 spiro atoms. The van der Waals surface area contributed by atoms with Crippen molar-refractivity contribution < 1.29 is 18.0 Å². The molecule has 0 saturated heterocycles. The topological polar surface area (TPSA) is 86.8 Å². The Morgan fingerprint density at radius 3 is 2.38 bits per heavy atom. The van der Waals surface area contributed by atoms with Crippen molar-refractivity contribution >= 4 is 17.3 Å². The Hall–Kier alpha value is -4.21. The maximum atomic E-state index is 13.1. The number of aromatic nitrogens is 4. The second-order valence-corrected chi connectivity index (χ2v) is 9.84. The molecule has 1 amide bonds. The second kappa shape index (κ2) is 11.3. The second-order valence-electron chi connectivity index (χ2n) is 9.84. The van der Waals surface area contributed by atoms with Gasteiger partial charge in [0, 0.05) is 18.7 Å². The van der Waals surface area contributed by atoms with E-state index in [-0.39, 0.29) is 12.3 Å². The van der Waals surface area contributed by atoms with Crippen LogP contribution in [0.25, 0.3) is 22.5 Å². The van der Waals surface area contributed by atoms with Gasteiger partial charge in [0.2, 0.25) is 11.7 Å². The van der Waals surface area contributed by atoms with Crippen molar-refractivity contribution in [1.29, 1.82) is 0 Å². The van der Waals surface area contributed by atoms with Crippen molar-refractivity contribution in [2.45, 2.75) is 50.7 Å². The van der Waals surface area contributed by atoms with E-state index < -0.39 is 11.7 Å². The van der Waals surface area contributed by atoms with Crippen LogP contribution in [0.3, 0.4) is 0 Å². The predicted molar refractivity (Wildman–Crippen MR) is 144 cm³/mol. The molecule has 10 heteroatoms. The van der Waals surface area contributed by atoms with Crippen LogP contribution in [0.5, 0.6) is 0 Å². The molecule has 0 unspecified atom stereocenters. The van der Waals surface area contributed by atoms with Gasteiger partial charge in [-0.15, -0.1) is 10.2 Å². The molecule has 1 aromatic heterocycles. The van der Waals surface area contributed by atoms with Crippen molar-refractivity contribution in [3.63, 3.8) is 0 Å². The van der Waals surface area contributed by atoms with Gasteiger partial charge in [-0.3, -0.25) is 4.79 Å². The number of benzene rings is 3. The molecular weight excluding hydrogens is 505 g/mol. The fraction of sp³-hybridized carbons (Fsp3) is 0.310. The molecule has 1 fully saturated rings. The first-order chi connectivity index (χ1) is 18.8. The van der Waals surface area contributed by atoms with Gasteiger partial charge in [-0.2, -0.15) is 18.4 Å². The van der Waals surface area contributed by atoms with Crippen LogP contribution in [0.2, 0.25) is 0 Å². The molecule has 2 N–H and O–H groups in total. The molecule has 0 atom stereocenters. The zero-order valence-corrected chi connectivity index (χ0v) is 21.5. The SMILES string of the molecule is CN(c1ccc(-c2ccccc2-c2nn[nH]n2)cc1NC(=O)Cc1ccc(C(F)(F)F)cc1)C1CCCCC1. The third-order valence-corrected chi connectivity index (χ3v) is 7.24. The highest BCUT2D eigenvalue weighted by Gasteiger charge is 2.30. The van der Waals surface area contributed by atoms with Gasteiger partial charge in [-0.05, 0) is 59.0 Å². The summed E-state index contributed by atoms with van der Waals surface area (Å²) in [5.41, 5.74) is 3.83. The third-order valence-electron chi connectivity index (χ3n) is 7.24. The standard InChI is InChI=1S/C29H29F3N6O/c1-38(22-7-3-2-4-8-22)26-16-13-20(23-9-5-6-10-24(23)28-34-36-37-35-28)18-25(26)33-27(39)17-19-11-14-21(15-12-19)29(30,31)32/h5-6,9-16,18,22H,2-4,7-8,17H2,1H3,(H,33,39)(H,34,35,36,37). The molecule has 1 aliphatic carbocycles. The largest absolute Gasteiger partial charge is 0.416 e. The molecule has 1 heterocycles. The number of carbonyl (C=O) groups excluding carboxylic acids is 1. The first-order valence-electron chi connectivity index (χ1n) is 13.0. The lowest BCUT2D eigenvalue weighted by molar-refractivity contribution is -0.137. The Bertz CT molecular complexity index is 1410. The van der Waals surface area contributed by atoms with E-state index in [2.05, 4.69) is 30.8 Å². The van der Waals surface area contributed by atoms with E-state index in [1.807, 2.05) is 49.5 Å². The summed E-state index contributed by atoms with van der Waals surface area (Å²) < 4.78 is 38.8. The lowest BCUT2D eigenvalue weighted by Gasteiger charge is -2.34. The number of hydrogen-bond acceptors (Lipinski definition) is 5. The van der Waals surface area contributed by atoms with Crippen LogP contribution in [0.4, 0.5) is 24.5 Å². The number of amides is 1. The van der Waals surface area contributed by atoms with E-state index in [0.29, 0.717) is 23.1 Å². The van der Waals surface area contributed by atoms with Gasteiger partial charge in [0.15, 0.2) is 0 Å². The lowest BCUT2D eigenvalue weighted by Crippen LogP contribution is -2.34. The van der Waals surface area contributed by atoms with Crippen molar-refractivity contribution in [3.05, 3.63) is 77.9 Å². The van der Waals surface area contributed by atoms with Gasteiger partial charge in [-0.25, -0.2) is 0 Å². The van der Waals surface area contributed by atoms with Crippen LogP contribution in [0.15, 0.2) is 66.7 Å². The molecule has 4 aromatic rings. The molecule has 0 aliphatic heterocycles. The molecular formula is C29H29F3N6O. The molecule has 39 heavy (non-hydrogen) atoms. The van der Waals surface area contributed by atoms with Gasteiger partial charge in [0.1, 0.15) is 0 Å². The Morgan fingerprint density at radius 2 is 1.72 bits per heavy atom. The van der Waals surface area contributed by atoms with Crippen LogP contribution >= 0.6 is 0 Å². The molecule has 0 bridgehead atoms. The number of carbonyl (C=O) groups is 1. The number of H-pyrrole nitrogens is 1. The summed E-state index contributed by atoms with van der Waals surface area (Å²) in [7, 11) is 2.05. The number of tetrazole rings is 1. The molecule has 5 rings (SSSR count). The minimum absolute atomic E-state index is 0.0472. The number of halogens is 3. The van der Waals surface area contributed by atoms with Gasteiger partial charge in [0.05, 0.1) is 23.4 Å². The van der Waals surface area contributed by atoms with Crippen LogP contribution in [-0.4, -0.2) is 39.6 Å². The highest BCUT2D eigenvalue weighted by Crippen LogP contribution is 2.37. The molecule has 7 nitrogen and oxygen atoms in total. The molecule has 202 valence electrons. The Morgan fingerprint density at radius 1 is 1.00 bits per heavy atom. The Labute approximate surface area is 224 Å². The number of hydrogen-bond donors (Lipinski definition) is 2. The Kier molecular flexibility index (Phi) is 7.63. The van der Waals surface area contributed by atoms with Crippen molar-refractivity contribution in [1.82, 2.24) is 20.6 Å². The molecule has 3 aromatic carbocycles. The first-order valence-corrected chi connectivity index (χ1v) is 13.0. The first kappa shape index (κ1) is 26.4. The number of alkyl halides is 3. The summed E-state index contributed by atoms with van der Waals surface area (Å²) in [5.74, 6) is 0.151. The van der Waals surface area contributed by atoms with Gasteiger partial charge in [-0.1, -0.05) is 61.7 Å². The van der Waals surface area contributed by atoms with Crippen LogP contribution < -0.4 is 10.2 Å². The van der Waals surface area contributed by atoms with E-state index in [1.165, 1.54) is 31.4 Å². The maximum Gasteiger partial charge on any atom is 0.416 e. The van der Waals surface area contributed by atoms with Crippen molar-refractivity contribution in [2.75, 3.05) is 17.3 Å². The quantitative estimate of drug-likeness (QED) is 0.283.